The van der Waals surface area contributed by atoms with Crippen molar-refractivity contribution in [3.05, 3.63) is 64.9 Å². The first-order chi connectivity index (χ1) is 10.1. The monoisotopic (exact) mass is 297 g/mol. The van der Waals surface area contributed by atoms with Crippen LogP contribution in [-0.4, -0.2) is 10.9 Å². The van der Waals surface area contributed by atoms with Crippen molar-refractivity contribution in [3.63, 3.8) is 0 Å². The molecule has 2 rings (SSSR count). The second-order valence-corrected chi connectivity index (χ2v) is 4.58. The summed E-state index contributed by atoms with van der Waals surface area (Å²) in [5.74, 6) is 0.372. The van der Waals surface area contributed by atoms with Gasteiger partial charge in [0.05, 0.1) is 11.6 Å². The number of hydrogen-bond acceptors (Lipinski definition) is 3. The minimum Gasteiger partial charge on any atom is -0.369 e. The molecule has 0 saturated carbocycles. The lowest BCUT2D eigenvalue weighted by molar-refractivity contribution is 1.18. The van der Waals surface area contributed by atoms with Gasteiger partial charge in [0.2, 0.25) is 0 Å². The van der Waals surface area contributed by atoms with Gasteiger partial charge < -0.3 is 5.73 Å². The number of benzene rings is 1. The average molecular weight is 298 g/mol. The molecule has 0 bridgehead atoms. The molecule has 0 saturated heterocycles. The van der Waals surface area contributed by atoms with Gasteiger partial charge in [0.15, 0.2) is 5.96 Å². The first kappa shape index (κ1) is 14.6. The third-order valence-corrected chi connectivity index (χ3v) is 2.84. The fraction of sp³-hybridized carbons (Fsp3) is 0. The molecule has 0 radical (unpaired) electrons. The number of halogens is 1. The van der Waals surface area contributed by atoms with E-state index in [4.69, 9.17) is 28.0 Å². The van der Waals surface area contributed by atoms with Crippen LogP contribution in [-0.2, 0) is 0 Å². The highest BCUT2D eigenvalue weighted by Crippen LogP contribution is 2.17. The van der Waals surface area contributed by atoms with Gasteiger partial charge in [-0.25, -0.2) is 4.98 Å². The Kier molecular flexibility index (Phi) is 4.54. The zero-order valence-corrected chi connectivity index (χ0v) is 11.7. The van der Waals surface area contributed by atoms with E-state index in [0.717, 1.165) is 5.56 Å². The van der Waals surface area contributed by atoms with Gasteiger partial charge in [-0.15, -0.1) is 0 Å². The molecule has 5 nitrogen and oxygen atoms in total. The highest BCUT2D eigenvalue weighted by molar-refractivity contribution is 6.30. The van der Waals surface area contributed by atoms with Gasteiger partial charge in [-0.2, -0.15) is 5.26 Å². The number of aromatic nitrogens is 1. The summed E-state index contributed by atoms with van der Waals surface area (Å²) in [6, 6.07) is 12.4. The Hall–Kier alpha value is -2.84. The molecule has 0 unspecified atom stereocenters. The molecule has 21 heavy (non-hydrogen) atoms. The van der Waals surface area contributed by atoms with Crippen LogP contribution in [0.15, 0.2) is 48.8 Å². The molecular weight excluding hydrogens is 286 g/mol. The van der Waals surface area contributed by atoms with Crippen molar-refractivity contribution in [2.45, 2.75) is 0 Å². The topological polar surface area (TPSA) is 89.8 Å². The lowest BCUT2D eigenvalue weighted by Crippen LogP contribution is -2.32. The van der Waals surface area contributed by atoms with Crippen molar-refractivity contribution in [2.75, 3.05) is 4.90 Å². The Morgan fingerprint density at radius 1 is 1.38 bits per heavy atom. The number of nitriles is 1. The van der Waals surface area contributed by atoms with Gasteiger partial charge in [-0.3, -0.25) is 10.3 Å². The van der Waals surface area contributed by atoms with E-state index < -0.39 is 0 Å². The first-order valence-electron chi connectivity index (χ1n) is 6.03. The minimum atomic E-state index is -0.160. The third kappa shape index (κ3) is 3.81. The fourth-order valence-corrected chi connectivity index (χ4v) is 1.95. The van der Waals surface area contributed by atoms with Crippen LogP contribution in [0.1, 0.15) is 11.1 Å². The maximum Gasteiger partial charge on any atom is 0.198 e. The van der Waals surface area contributed by atoms with Crippen LogP contribution in [0.5, 0.6) is 0 Å². The van der Waals surface area contributed by atoms with Gasteiger partial charge in [-0.1, -0.05) is 17.7 Å². The smallest absolute Gasteiger partial charge is 0.198 e. The van der Waals surface area contributed by atoms with E-state index in [1.807, 2.05) is 6.07 Å². The number of nitrogens with one attached hydrogen (secondary N) is 1. The Morgan fingerprint density at radius 2 is 2.19 bits per heavy atom. The molecule has 0 amide bonds. The van der Waals surface area contributed by atoms with Crippen LogP contribution < -0.4 is 10.6 Å². The Bertz CT molecular complexity index is 719. The second-order valence-electron chi connectivity index (χ2n) is 4.14. The summed E-state index contributed by atoms with van der Waals surface area (Å²) < 4.78 is 0. The Balaban J connectivity index is 2.32. The molecule has 104 valence electrons. The molecule has 0 aliphatic heterocycles. The summed E-state index contributed by atoms with van der Waals surface area (Å²) >= 11 is 5.95. The van der Waals surface area contributed by atoms with Crippen molar-refractivity contribution in [3.8, 4) is 6.07 Å². The number of nitrogens with two attached hydrogens (primary N) is 1. The number of guanidine groups is 1. The Labute approximate surface area is 127 Å². The van der Waals surface area contributed by atoms with Crippen LogP contribution in [0.25, 0.3) is 6.08 Å². The number of hydrogen-bond donors (Lipinski definition) is 2. The second kappa shape index (κ2) is 6.55. The molecule has 0 spiro atoms. The van der Waals surface area contributed by atoms with Crippen LogP contribution >= 0.6 is 11.6 Å². The van der Waals surface area contributed by atoms with E-state index in [1.165, 1.54) is 4.90 Å². The van der Waals surface area contributed by atoms with E-state index in [2.05, 4.69) is 4.98 Å². The molecule has 1 aromatic carbocycles. The summed E-state index contributed by atoms with van der Waals surface area (Å²) in [7, 11) is 0. The normalized spacial score (nSPS) is 10.3. The van der Waals surface area contributed by atoms with E-state index >= 15 is 0 Å². The van der Waals surface area contributed by atoms with Gasteiger partial charge in [0.1, 0.15) is 5.82 Å². The summed E-state index contributed by atoms with van der Waals surface area (Å²) in [6.45, 7) is 0. The molecule has 1 heterocycles. The van der Waals surface area contributed by atoms with Crippen molar-refractivity contribution in [1.82, 2.24) is 4.98 Å². The fourth-order valence-electron chi connectivity index (χ4n) is 1.71. The molecule has 0 aliphatic carbocycles. The third-order valence-electron chi connectivity index (χ3n) is 2.62. The lowest BCUT2D eigenvalue weighted by Gasteiger charge is -2.16. The minimum absolute atomic E-state index is 0.160. The molecule has 3 N–H and O–H groups in total. The van der Waals surface area contributed by atoms with E-state index in [1.54, 1.807) is 54.9 Å². The van der Waals surface area contributed by atoms with Crippen molar-refractivity contribution in [2.24, 2.45) is 5.73 Å². The first-order valence-corrected chi connectivity index (χ1v) is 6.41. The maximum atomic E-state index is 8.92. The van der Waals surface area contributed by atoms with Gasteiger partial charge in [-0.05, 0) is 42.0 Å². The number of nitrogens with zero attached hydrogens (tertiary/aromatic N) is 3. The predicted octanol–water partition coefficient (Wildman–Crippen LogP) is 2.98. The summed E-state index contributed by atoms with van der Waals surface area (Å²) in [5, 5.41) is 17.0. The quantitative estimate of drug-likeness (QED) is 0.673. The molecule has 2 aromatic rings. The zero-order chi connectivity index (χ0) is 15.2. The summed E-state index contributed by atoms with van der Waals surface area (Å²) in [5.41, 5.74) is 6.76. The number of pyridine rings is 1. The van der Waals surface area contributed by atoms with Crippen LogP contribution in [0.4, 0.5) is 5.82 Å². The lowest BCUT2D eigenvalue weighted by atomic mass is 10.1. The standard InChI is InChI=1S/C15H12ClN5/c16-13-8-11(7-12(9-13)10-17)4-6-21(15(18)19)14-3-1-2-5-20-14/h1-9H,(H3,18,19). The molecule has 0 aliphatic rings. The molecule has 0 fully saturated rings. The van der Waals surface area contributed by atoms with Crippen molar-refractivity contribution in [1.29, 1.82) is 10.7 Å². The van der Waals surface area contributed by atoms with E-state index in [9.17, 15) is 0 Å². The largest absolute Gasteiger partial charge is 0.369 e. The van der Waals surface area contributed by atoms with Crippen LogP contribution in [0, 0.1) is 16.7 Å². The molecule has 0 atom stereocenters. The summed E-state index contributed by atoms with van der Waals surface area (Å²) in [4.78, 5) is 5.56. The van der Waals surface area contributed by atoms with Crippen LogP contribution in [0.3, 0.4) is 0 Å². The zero-order valence-electron chi connectivity index (χ0n) is 11.0. The summed E-state index contributed by atoms with van der Waals surface area (Å²) in [6.07, 6.45) is 4.94. The SMILES string of the molecule is N#Cc1cc(Cl)cc(C=CN(C(=N)N)c2ccccn2)c1. The van der Waals surface area contributed by atoms with Gasteiger partial charge in [0, 0.05) is 17.4 Å². The van der Waals surface area contributed by atoms with Crippen molar-refractivity contribution < 1.29 is 0 Å². The van der Waals surface area contributed by atoms with Gasteiger partial charge in [0.25, 0.3) is 0 Å². The molecule has 6 heteroatoms. The predicted molar refractivity (Wildman–Crippen MR) is 83.8 cm³/mol. The highest BCUT2D eigenvalue weighted by Gasteiger charge is 2.06. The number of anilines is 1. The number of rotatable bonds is 3. The highest BCUT2D eigenvalue weighted by atomic mass is 35.5. The maximum absolute atomic E-state index is 8.92. The van der Waals surface area contributed by atoms with Crippen LogP contribution in [0.2, 0.25) is 5.02 Å². The molecule has 1 aromatic heterocycles. The van der Waals surface area contributed by atoms with E-state index in [0.29, 0.717) is 16.4 Å². The van der Waals surface area contributed by atoms with Crippen molar-refractivity contribution >= 4 is 29.5 Å². The van der Waals surface area contributed by atoms with E-state index in [-0.39, 0.29) is 5.96 Å². The average Bonchev–Trinajstić information content (AvgIpc) is 2.47. The Morgan fingerprint density at radius 3 is 2.81 bits per heavy atom. The molecular formula is C15H12ClN5. The van der Waals surface area contributed by atoms with Gasteiger partial charge >= 0.3 is 0 Å².